The van der Waals surface area contributed by atoms with Gasteiger partial charge in [-0.3, -0.25) is 9.59 Å². The molecular formula is C80H155NO5. The third-order valence-corrected chi connectivity index (χ3v) is 18.8. The van der Waals surface area contributed by atoms with Gasteiger partial charge in [0.05, 0.1) is 25.4 Å². The van der Waals surface area contributed by atoms with Crippen LogP contribution in [0, 0.1) is 0 Å². The molecule has 0 aliphatic heterocycles. The van der Waals surface area contributed by atoms with Gasteiger partial charge >= 0.3 is 5.97 Å². The van der Waals surface area contributed by atoms with Crippen molar-refractivity contribution in [2.24, 2.45) is 0 Å². The highest BCUT2D eigenvalue weighted by Gasteiger charge is 2.20. The van der Waals surface area contributed by atoms with Crippen molar-refractivity contribution in [3.63, 3.8) is 0 Å². The van der Waals surface area contributed by atoms with Gasteiger partial charge in [-0.15, -0.1) is 0 Å². The number of aliphatic hydroxyl groups excluding tert-OH is 2. The Morgan fingerprint density at radius 3 is 0.884 bits per heavy atom. The first-order valence-electron chi connectivity index (χ1n) is 39.6. The number of aliphatic hydroxyl groups is 2. The highest BCUT2D eigenvalue weighted by atomic mass is 16.5. The van der Waals surface area contributed by atoms with Crippen LogP contribution in [0.4, 0.5) is 0 Å². The van der Waals surface area contributed by atoms with Crippen molar-refractivity contribution >= 4 is 11.9 Å². The van der Waals surface area contributed by atoms with E-state index in [1.165, 1.54) is 372 Å². The molecule has 0 spiro atoms. The van der Waals surface area contributed by atoms with Crippen LogP contribution in [0.15, 0.2) is 24.3 Å². The van der Waals surface area contributed by atoms with Crippen molar-refractivity contribution in [1.29, 1.82) is 0 Å². The molecule has 0 aromatic heterocycles. The molecule has 0 fully saturated rings. The Kier molecular flexibility index (Phi) is 74.3. The van der Waals surface area contributed by atoms with Gasteiger partial charge in [0, 0.05) is 12.8 Å². The smallest absolute Gasteiger partial charge is 0.305 e. The fourth-order valence-electron chi connectivity index (χ4n) is 12.7. The lowest BCUT2D eigenvalue weighted by Crippen LogP contribution is -2.45. The van der Waals surface area contributed by atoms with Crippen LogP contribution in [-0.4, -0.2) is 47.4 Å². The van der Waals surface area contributed by atoms with E-state index < -0.39 is 12.1 Å². The number of amides is 1. The molecule has 0 saturated heterocycles. The SMILES string of the molecule is CCCCCCCCCCCCCCCCCCCCC(=O)OCCCCCCCCCCC/C=C\C/C=C\CCCCCCCCCCCCCCCCCCCC(=O)NC(CO)C(O)CCCCCCCCCCCCCCCCCCCC. The summed E-state index contributed by atoms with van der Waals surface area (Å²) in [5.74, 6) is -0.00894. The summed E-state index contributed by atoms with van der Waals surface area (Å²) in [6, 6.07) is -0.540. The van der Waals surface area contributed by atoms with E-state index in [-0.39, 0.29) is 18.5 Å². The van der Waals surface area contributed by atoms with Crippen LogP contribution < -0.4 is 5.32 Å². The van der Waals surface area contributed by atoms with Crippen molar-refractivity contribution in [3.8, 4) is 0 Å². The van der Waals surface area contributed by atoms with Crippen LogP contribution >= 0.6 is 0 Å². The molecule has 510 valence electrons. The molecule has 6 nitrogen and oxygen atoms in total. The maximum absolute atomic E-state index is 12.5. The van der Waals surface area contributed by atoms with Crippen LogP contribution in [0.2, 0.25) is 0 Å². The molecule has 0 heterocycles. The fraction of sp³-hybridized carbons (Fsp3) is 0.925. The third kappa shape index (κ3) is 71.4. The van der Waals surface area contributed by atoms with Crippen molar-refractivity contribution in [2.75, 3.05) is 13.2 Å². The number of carbonyl (C=O) groups excluding carboxylic acids is 2. The van der Waals surface area contributed by atoms with Crippen LogP contribution in [0.5, 0.6) is 0 Å². The number of carbonyl (C=O) groups is 2. The molecule has 0 saturated carbocycles. The number of nitrogens with one attached hydrogen (secondary N) is 1. The van der Waals surface area contributed by atoms with Gasteiger partial charge in [0.15, 0.2) is 0 Å². The maximum Gasteiger partial charge on any atom is 0.305 e. The number of allylic oxidation sites excluding steroid dienone is 4. The topological polar surface area (TPSA) is 95.9 Å². The normalized spacial score (nSPS) is 12.6. The monoisotopic (exact) mass is 1210 g/mol. The van der Waals surface area contributed by atoms with E-state index in [2.05, 4.69) is 43.5 Å². The molecule has 6 heteroatoms. The molecule has 86 heavy (non-hydrogen) atoms. The van der Waals surface area contributed by atoms with Gasteiger partial charge in [-0.2, -0.15) is 0 Å². The van der Waals surface area contributed by atoms with Gasteiger partial charge in [-0.05, 0) is 57.8 Å². The van der Waals surface area contributed by atoms with E-state index in [9.17, 15) is 19.8 Å². The number of hydrogen-bond acceptors (Lipinski definition) is 5. The average molecular weight is 1210 g/mol. The van der Waals surface area contributed by atoms with Crippen molar-refractivity contribution in [1.82, 2.24) is 5.32 Å². The number of ether oxygens (including phenoxy) is 1. The molecule has 2 unspecified atom stereocenters. The van der Waals surface area contributed by atoms with Crippen LogP contribution in [0.3, 0.4) is 0 Å². The molecule has 0 rings (SSSR count). The fourth-order valence-corrected chi connectivity index (χ4v) is 12.7. The first-order valence-corrected chi connectivity index (χ1v) is 39.6. The molecule has 1 amide bonds. The van der Waals surface area contributed by atoms with Crippen molar-refractivity contribution in [3.05, 3.63) is 24.3 Å². The first kappa shape index (κ1) is 84.3. The summed E-state index contributed by atoms with van der Waals surface area (Å²) in [7, 11) is 0. The highest BCUT2D eigenvalue weighted by Crippen LogP contribution is 2.20. The lowest BCUT2D eigenvalue weighted by molar-refractivity contribution is -0.143. The van der Waals surface area contributed by atoms with E-state index in [1.54, 1.807) is 0 Å². The number of unbranched alkanes of at least 4 members (excludes halogenated alkanes) is 60. The minimum Gasteiger partial charge on any atom is -0.466 e. The zero-order chi connectivity index (χ0) is 62.0. The first-order chi connectivity index (χ1) is 42.5. The summed E-state index contributed by atoms with van der Waals surface area (Å²) in [4.78, 5) is 24.7. The standard InChI is InChI=1S/C80H155NO5/c1-3-5-7-9-11-13-15-17-19-21-40-44-48-52-56-60-64-68-72-78(83)77(76-82)81-79(84)73-69-65-61-57-53-49-45-41-38-36-34-32-30-28-26-24-23-25-27-29-31-33-35-37-39-43-47-51-55-59-63-67-71-75-86-80(85)74-70-66-62-58-54-50-46-42-22-20-18-16-14-12-10-8-6-4-2/h27,29,33,35,77-78,82-83H,3-26,28,30-32,34,36-76H2,1-2H3,(H,81,84)/b29-27-,35-33-. The van der Waals surface area contributed by atoms with Crippen molar-refractivity contribution < 1.29 is 24.5 Å². The summed E-state index contributed by atoms with van der Waals surface area (Å²) in [5, 5.41) is 23.4. The number of rotatable bonds is 75. The quantitative estimate of drug-likeness (QED) is 0.0320. The Morgan fingerprint density at radius 1 is 0.326 bits per heavy atom. The molecule has 2 atom stereocenters. The number of hydrogen-bond donors (Lipinski definition) is 3. The molecule has 0 aromatic carbocycles. The van der Waals surface area contributed by atoms with Crippen LogP contribution in [-0.2, 0) is 14.3 Å². The van der Waals surface area contributed by atoms with Crippen LogP contribution in [0.25, 0.3) is 0 Å². The van der Waals surface area contributed by atoms with Gasteiger partial charge in [-0.1, -0.05) is 404 Å². The summed E-state index contributed by atoms with van der Waals surface area (Å²) in [6.45, 7) is 5.01. The Balaban J connectivity index is 3.36. The minimum absolute atomic E-state index is 0.0196. The van der Waals surface area contributed by atoms with E-state index in [0.717, 1.165) is 44.9 Å². The molecule has 0 bridgehead atoms. The Hall–Kier alpha value is -1.66. The van der Waals surface area contributed by atoms with Crippen LogP contribution in [0.1, 0.15) is 450 Å². The van der Waals surface area contributed by atoms with E-state index >= 15 is 0 Å². The van der Waals surface area contributed by atoms with E-state index in [4.69, 9.17) is 4.74 Å². The second-order valence-electron chi connectivity index (χ2n) is 27.4. The van der Waals surface area contributed by atoms with Gasteiger partial charge in [0.25, 0.3) is 0 Å². The number of esters is 1. The zero-order valence-electron chi connectivity index (χ0n) is 58.6. The van der Waals surface area contributed by atoms with Gasteiger partial charge < -0.3 is 20.3 Å². The van der Waals surface area contributed by atoms with E-state index in [0.29, 0.717) is 25.9 Å². The van der Waals surface area contributed by atoms with Crippen molar-refractivity contribution in [2.45, 2.75) is 463 Å². The second kappa shape index (κ2) is 75.8. The summed E-state index contributed by atoms with van der Waals surface area (Å²) >= 11 is 0. The Labute approximate surface area is 539 Å². The molecule has 3 N–H and O–H groups in total. The van der Waals surface area contributed by atoms with Gasteiger partial charge in [-0.25, -0.2) is 0 Å². The third-order valence-electron chi connectivity index (χ3n) is 18.8. The molecule has 0 aliphatic carbocycles. The molecule has 0 radical (unpaired) electrons. The summed E-state index contributed by atoms with van der Waals surface area (Å²) in [5.41, 5.74) is 0. The van der Waals surface area contributed by atoms with E-state index in [1.807, 2.05) is 0 Å². The zero-order valence-corrected chi connectivity index (χ0v) is 58.6. The lowest BCUT2D eigenvalue weighted by Gasteiger charge is -2.22. The average Bonchev–Trinajstić information content (AvgIpc) is 3.54. The predicted octanol–water partition coefficient (Wildman–Crippen LogP) is 26.0. The Bertz CT molecular complexity index is 1350. The Morgan fingerprint density at radius 2 is 0.581 bits per heavy atom. The summed E-state index contributed by atoms with van der Waals surface area (Å²) in [6.07, 6.45) is 97.0. The summed E-state index contributed by atoms with van der Waals surface area (Å²) < 4.78 is 5.51. The maximum atomic E-state index is 12.5. The highest BCUT2D eigenvalue weighted by molar-refractivity contribution is 5.76. The van der Waals surface area contributed by atoms with Gasteiger partial charge in [0.1, 0.15) is 0 Å². The lowest BCUT2D eigenvalue weighted by atomic mass is 10.0. The molecular weight excluding hydrogens is 1050 g/mol. The largest absolute Gasteiger partial charge is 0.466 e. The minimum atomic E-state index is -0.663. The molecule has 0 aromatic rings. The second-order valence-corrected chi connectivity index (χ2v) is 27.4. The van der Waals surface area contributed by atoms with Gasteiger partial charge in [0.2, 0.25) is 5.91 Å². The molecule has 0 aliphatic rings. The predicted molar refractivity (Wildman–Crippen MR) is 380 cm³/mol.